The van der Waals surface area contributed by atoms with E-state index >= 15 is 0 Å². The van der Waals surface area contributed by atoms with Crippen LogP contribution in [-0.4, -0.2) is 48.4 Å². The van der Waals surface area contributed by atoms with E-state index in [2.05, 4.69) is 15.2 Å². The Morgan fingerprint density at radius 1 is 1.03 bits per heavy atom. The van der Waals surface area contributed by atoms with Gasteiger partial charge in [-0.1, -0.05) is 36.2 Å². The molecule has 1 aromatic carbocycles. The molecule has 2 aromatic heterocycles. The molecule has 1 saturated heterocycles. The summed E-state index contributed by atoms with van der Waals surface area (Å²) in [5, 5.41) is 7.90. The van der Waals surface area contributed by atoms with Gasteiger partial charge in [0, 0.05) is 20.1 Å². The molecule has 10 nitrogen and oxygen atoms in total. The lowest BCUT2D eigenvalue weighted by Crippen LogP contribution is -2.40. The summed E-state index contributed by atoms with van der Waals surface area (Å²) in [6.45, 7) is 1.27. The lowest BCUT2D eigenvalue weighted by Gasteiger charge is -2.17. The molecule has 0 spiro atoms. The highest BCUT2D eigenvalue weighted by Gasteiger charge is 2.25. The van der Waals surface area contributed by atoms with Crippen LogP contribution in [0.25, 0.3) is 17.2 Å². The number of aromatic nitrogens is 5. The van der Waals surface area contributed by atoms with Crippen LogP contribution in [-0.2, 0) is 7.05 Å². The molecule has 0 bridgehead atoms. The molecule has 1 aliphatic heterocycles. The number of carbonyl (C=O) groups is 1. The molecule has 1 amide bonds. The van der Waals surface area contributed by atoms with E-state index in [4.69, 9.17) is 4.52 Å². The largest absolute Gasteiger partial charge is 0.351 e. The zero-order chi connectivity index (χ0) is 20.4. The van der Waals surface area contributed by atoms with Crippen molar-refractivity contribution < 1.29 is 9.32 Å². The van der Waals surface area contributed by atoms with E-state index in [9.17, 15) is 14.4 Å². The predicted octanol–water partition coefficient (Wildman–Crippen LogP) is 0.997. The van der Waals surface area contributed by atoms with Crippen molar-refractivity contribution in [1.82, 2.24) is 29.4 Å². The van der Waals surface area contributed by atoms with Crippen LogP contribution >= 0.6 is 0 Å². The van der Waals surface area contributed by atoms with Crippen LogP contribution in [0.3, 0.4) is 0 Å². The third kappa shape index (κ3) is 3.60. The van der Waals surface area contributed by atoms with Gasteiger partial charge in [0.25, 0.3) is 5.56 Å². The molecule has 1 aliphatic rings. The lowest BCUT2D eigenvalue weighted by atomic mass is 10.2. The van der Waals surface area contributed by atoms with E-state index < -0.39 is 11.2 Å². The van der Waals surface area contributed by atoms with Crippen LogP contribution < -0.4 is 11.2 Å². The number of amides is 1. The van der Waals surface area contributed by atoms with Gasteiger partial charge in [-0.05, 0) is 25.0 Å². The summed E-state index contributed by atoms with van der Waals surface area (Å²) in [5.74, 6) is -0.685. The smallest absolute Gasteiger partial charge is 0.334 e. The normalized spacial score (nSPS) is 14.6. The maximum atomic E-state index is 12.7. The number of likely N-dealkylation sites (tertiary alicyclic amines) is 1. The Balaban J connectivity index is 1.72. The molecule has 0 aliphatic carbocycles. The Morgan fingerprint density at radius 3 is 2.41 bits per heavy atom. The van der Waals surface area contributed by atoms with Crippen molar-refractivity contribution in [2.45, 2.75) is 25.7 Å². The number of nitrogens with zero attached hydrogens (tertiary/aromatic N) is 6. The van der Waals surface area contributed by atoms with Crippen LogP contribution in [0.15, 0.2) is 44.4 Å². The minimum absolute atomic E-state index is 0.131. The molecule has 10 heteroatoms. The Hall–Kier alpha value is -3.56. The van der Waals surface area contributed by atoms with Gasteiger partial charge in [-0.15, -0.1) is 0 Å². The van der Waals surface area contributed by atoms with E-state index in [1.165, 1.54) is 7.05 Å². The molecule has 0 saturated carbocycles. The van der Waals surface area contributed by atoms with Gasteiger partial charge in [0.05, 0.1) is 5.69 Å². The Bertz CT molecular complexity index is 1140. The second kappa shape index (κ2) is 7.82. The number of benzene rings is 1. The minimum atomic E-state index is -0.670. The molecule has 4 rings (SSSR count). The van der Waals surface area contributed by atoms with Gasteiger partial charge in [-0.2, -0.15) is 14.8 Å². The summed E-state index contributed by atoms with van der Waals surface area (Å²) in [7, 11) is 1.35. The van der Waals surface area contributed by atoms with Crippen LogP contribution in [0, 0.1) is 0 Å². The quantitative estimate of drug-likeness (QED) is 0.648. The van der Waals surface area contributed by atoms with E-state index in [1.54, 1.807) is 35.2 Å². The van der Waals surface area contributed by atoms with Crippen LogP contribution in [0.2, 0.25) is 0 Å². The standard InChI is InChI=1S/C19H20N6O4/c1-23-17(26)14(21-25(19(23)28)13-9-5-4-6-10-13)15-20-16(29-22-15)18(27)24-11-7-2-3-8-12-24/h4-6,9-10H,2-3,7-8,11-12H2,1H3. The first-order valence-electron chi connectivity index (χ1n) is 9.45. The van der Waals surface area contributed by atoms with Crippen molar-refractivity contribution in [2.75, 3.05) is 13.1 Å². The molecule has 0 unspecified atom stereocenters. The maximum absolute atomic E-state index is 12.7. The number of rotatable bonds is 3. The van der Waals surface area contributed by atoms with Gasteiger partial charge in [-0.3, -0.25) is 14.2 Å². The average molecular weight is 396 g/mol. The summed E-state index contributed by atoms with van der Waals surface area (Å²) in [5.41, 5.74) is -0.959. The molecule has 3 heterocycles. The van der Waals surface area contributed by atoms with Crippen LogP contribution in [0.5, 0.6) is 0 Å². The molecule has 0 N–H and O–H groups in total. The zero-order valence-electron chi connectivity index (χ0n) is 15.9. The van der Waals surface area contributed by atoms with Gasteiger partial charge in [0.1, 0.15) is 0 Å². The highest BCUT2D eigenvalue weighted by atomic mass is 16.5. The van der Waals surface area contributed by atoms with Crippen molar-refractivity contribution in [3.8, 4) is 17.2 Å². The van der Waals surface area contributed by atoms with Crippen LogP contribution in [0.1, 0.15) is 36.4 Å². The minimum Gasteiger partial charge on any atom is -0.334 e. The monoisotopic (exact) mass is 396 g/mol. The number of hydrogen-bond acceptors (Lipinski definition) is 7. The summed E-state index contributed by atoms with van der Waals surface area (Å²) in [6, 6.07) is 8.68. The first kappa shape index (κ1) is 18.8. The average Bonchev–Trinajstić information content (AvgIpc) is 3.07. The number of para-hydroxylation sites is 1. The Morgan fingerprint density at radius 2 is 1.72 bits per heavy atom. The van der Waals surface area contributed by atoms with Gasteiger partial charge < -0.3 is 9.42 Å². The van der Waals surface area contributed by atoms with E-state index in [0.29, 0.717) is 18.8 Å². The number of hydrogen-bond donors (Lipinski definition) is 0. The first-order valence-corrected chi connectivity index (χ1v) is 9.45. The van der Waals surface area contributed by atoms with Gasteiger partial charge in [0.2, 0.25) is 5.82 Å². The SMILES string of the molecule is Cn1c(=O)c(-c2noc(C(=O)N3CCCCCC3)n2)nn(-c2ccccc2)c1=O. The topological polar surface area (TPSA) is 116 Å². The van der Waals surface area contributed by atoms with Crippen molar-refractivity contribution in [3.05, 3.63) is 57.1 Å². The van der Waals surface area contributed by atoms with Gasteiger partial charge >= 0.3 is 17.5 Å². The molecular formula is C19H20N6O4. The predicted molar refractivity (Wildman–Crippen MR) is 103 cm³/mol. The summed E-state index contributed by atoms with van der Waals surface area (Å²) >= 11 is 0. The van der Waals surface area contributed by atoms with E-state index in [-0.39, 0.29) is 23.3 Å². The molecule has 1 fully saturated rings. The zero-order valence-corrected chi connectivity index (χ0v) is 15.9. The highest BCUT2D eigenvalue weighted by Crippen LogP contribution is 2.15. The third-order valence-corrected chi connectivity index (χ3v) is 4.89. The van der Waals surface area contributed by atoms with E-state index in [0.717, 1.165) is 34.9 Å². The number of carbonyl (C=O) groups excluding carboxylic acids is 1. The summed E-state index contributed by atoms with van der Waals surface area (Å²) in [6.07, 6.45) is 4.02. The second-order valence-corrected chi connectivity index (χ2v) is 6.87. The second-order valence-electron chi connectivity index (χ2n) is 6.87. The lowest BCUT2D eigenvalue weighted by molar-refractivity contribution is 0.0711. The summed E-state index contributed by atoms with van der Waals surface area (Å²) in [4.78, 5) is 43.5. The molecule has 150 valence electrons. The fourth-order valence-corrected chi connectivity index (χ4v) is 3.27. The fraction of sp³-hybridized carbons (Fsp3) is 0.368. The summed E-state index contributed by atoms with van der Waals surface area (Å²) < 4.78 is 7.12. The molecular weight excluding hydrogens is 376 g/mol. The van der Waals surface area contributed by atoms with Crippen molar-refractivity contribution in [3.63, 3.8) is 0 Å². The fourth-order valence-electron chi connectivity index (χ4n) is 3.27. The van der Waals surface area contributed by atoms with Gasteiger partial charge in [0.15, 0.2) is 5.69 Å². The van der Waals surface area contributed by atoms with Crippen molar-refractivity contribution >= 4 is 5.91 Å². The van der Waals surface area contributed by atoms with E-state index in [1.807, 2.05) is 0 Å². The Labute approximate surface area is 165 Å². The van der Waals surface area contributed by atoms with Crippen LogP contribution in [0.4, 0.5) is 0 Å². The molecule has 0 atom stereocenters. The first-order chi connectivity index (χ1) is 14.1. The van der Waals surface area contributed by atoms with Gasteiger partial charge in [-0.25, -0.2) is 4.79 Å². The Kier molecular flexibility index (Phi) is 5.07. The third-order valence-electron chi connectivity index (χ3n) is 4.89. The molecule has 0 radical (unpaired) electrons. The molecule has 3 aromatic rings. The maximum Gasteiger partial charge on any atom is 0.351 e. The van der Waals surface area contributed by atoms with Crippen molar-refractivity contribution in [1.29, 1.82) is 0 Å². The molecule has 29 heavy (non-hydrogen) atoms. The van der Waals surface area contributed by atoms with Crippen molar-refractivity contribution in [2.24, 2.45) is 7.05 Å². The highest BCUT2D eigenvalue weighted by molar-refractivity contribution is 5.89.